The SMILES string of the molecule is COCCCN(CCOC)c1n[nH]c(=S)s1. The third kappa shape index (κ3) is 4.56. The second-order valence-electron chi connectivity index (χ2n) is 3.22. The van der Waals surface area contributed by atoms with E-state index in [2.05, 4.69) is 15.1 Å². The van der Waals surface area contributed by atoms with E-state index in [-0.39, 0.29) is 0 Å². The largest absolute Gasteiger partial charge is 0.385 e. The number of ether oxygens (including phenoxy) is 2. The molecule has 92 valence electrons. The standard InChI is InChI=1S/C9H17N3O2S2/c1-13-6-3-4-12(5-7-14-2)8-10-11-9(15)16-8/h3-7H2,1-2H3,(H,11,15). The van der Waals surface area contributed by atoms with Crippen molar-refractivity contribution in [2.24, 2.45) is 0 Å². The van der Waals surface area contributed by atoms with Crippen LogP contribution < -0.4 is 4.90 Å². The van der Waals surface area contributed by atoms with Gasteiger partial charge in [-0.15, -0.1) is 5.10 Å². The minimum atomic E-state index is 0.680. The van der Waals surface area contributed by atoms with E-state index in [1.807, 2.05) is 0 Å². The quantitative estimate of drug-likeness (QED) is 0.571. The molecule has 7 heteroatoms. The first kappa shape index (κ1) is 13.6. The maximum Gasteiger partial charge on any atom is 0.206 e. The zero-order chi connectivity index (χ0) is 11.8. The minimum Gasteiger partial charge on any atom is -0.385 e. The van der Waals surface area contributed by atoms with Crippen molar-refractivity contribution >= 4 is 28.7 Å². The van der Waals surface area contributed by atoms with E-state index >= 15 is 0 Å². The normalized spacial score (nSPS) is 10.6. The van der Waals surface area contributed by atoms with Crippen LogP contribution in [0.25, 0.3) is 0 Å². The lowest BCUT2D eigenvalue weighted by atomic mass is 10.4. The van der Waals surface area contributed by atoms with Gasteiger partial charge in [0.05, 0.1) is 6.61 Å². The molecule has 0 atom stereocenters. The fourth-order valence-electron chi connectivity index (χ4n) is 1.26. The monoisotopic (exact) mass is 263 g/mol. The Bertz CT molecular complexity index is 339. The molecule has 0 radical (unpaired) electrons. The lowest BCUT2D eigenvalue weighted by Gasteiger charge is -2.20. The summed E-state index contributed by atoms with van der Waals surface area (Å²) in [5, 5.41) is 7.87. The molecule has 5 nitrogen and oxygen atoms in total. The van der Waals surface area contributed by atoms with Crippen molar-refractivity contribution in [2.45, 2.75) is 6.42 Å². The number of H-pyrrole nitrogens is 1. The predicted molar refractivity (Wildman–Crippen MR) is 67.9 cm³/mol. The lowest BCUT2D eigenvalue weighted by molar-refractivity contribution is 0.191. The molecule has 1 N–H and O–H groups in total. The minimum absolute atomic E-state index is 0.680. The molecule has 0 unspecified atom stereocenters. The van der Waals surface area contributed by atoms with Crippen LogP contribution in [0, 0.1) is 3.95 Å². The van der Waals surface area contributed by atoms with Gasteiger partial charge in [-0.3, -0.25) is 5.10 Å². The van der Waals surface area contributed by atoms with Gasteiger partial charge in [-0.05, 0) is 18.6 Å². The molecule has 0 amide bonds. The van der Waals surface area contributed by atoms with Crippen LogP contribution in [0.1, 0.15) is 6.42 Å². The number of aromatic nitrogens is 2. The van der Waals surface area contributed by atoms with Gasteiger partial charge in [0, 0.05) is 33.9 Å². The summed E-state index contributed by atoms with van der Waals surface area (Å²) >= 11 is 6.50. The van der Waals surface area contributed by atoms with Gasteiger partial charge in [-0.25, -0.2) is 0 Å². The highest BCUT2D eigenvalue weighted by atomic mass is 32.1. The highest BCUT2D eigenvalue weighted by Crippen LogP contribution is 2.17. The summed E-state index contributed by atoms with van der Waals surface area (Å²) in [4.78, 5) is 2.15. The Morgan fingerprint density at radius 3 is 2.62 bits per heavy atom. The molecule has 1 rings (SSSR count). The van der Waals surface area contributed by atoms with E-state index in [9.17, 15) is 0 Å². The molecular formula is C9H17N3O2S2. The van der Waals surface area contributed by atoms with E-state index in [1.165, 1.54) is 11.3 Å². The van der Waals surface area contributed by atoms with Crippen molar-refractivity contribution in [1.29, 1.82) is 0 Å². The van der Waals surface area contributed by atoms with Gasteiger partial charge in [0.1, 0.15) is 0 Å². The first-order valence-corrected chi connectivity index (χ1v) is 6.28. The molecule has 0 saturated carbocycles. The van der Waals surface area contributed by atoms with Gasteiger partial charge in [0.15, 0.2) is 3.95 Å². The number of aromatic amines is 1. The van der Waals surface area contributed by atoms with Crippen LogP contribution in [0.4, 0.5) is 5.13 Å². The summed E-state index contributed by atoms with van der Waals surface area (Å²) in [6.45, 7) is 3.14. The van der Waals surface area contributed by atoms with E-state index in [4.69, 9.17) is 21.7 Å². The zero-order valence-electron chi connectivity index (χ0n) is 9.56. The number of hydrogen-bond donors (Lipinski definition) is 1. The number of nitrogens with zero attached hydrogens (tertiary/aromatic N) is 2. The van der Waals surface area contributed by atoms with Crippen LogP contribution in [-0.4, -0.2) is 50.7 Å². The van der Waals surface area contributed by atoms with Gasteiger partial charge in [0.25, 0.3) is 0 Å². The maximum absolute atomic E-state index is 5.07. The van der Waals surface area contributed by atoms with Gasteiger partial charge >= 0.3 is 0 Å². The lowest BCUT2D eigenvalue weighted by Crippen LogP contribution is -2.28. The van der Waals surface area contributed by atoms with Gasteiger partial charge < -0.3 is 14.4 Å². The average molecular weight is 263 g/mol. The summed E-state index contributed by atoms with van der Waals surface area (Å²) < 4.78 is 10.8. The molecule has 0 aromatic carbocycles. The number of anilines is 1. The van der Waals surface area contributed by atoms with Gasteiger partial charge in [0.2, 0.25) is 5.13 Å². The van der Waals surface area contributed by atoms with Crippen molar-refractivity contribution in [1.82, 2.24) is 10.2 Å². The topological polar surface area (TPSA) is 50.4 Å². The second kappa shape index (κ2) is 7.72. The molecule has 1 heterocycles. The van der Waals surface area contributed by atoms with Crippen LogP contribution in [0.15, 0.2) is 0 Å². The fraction of sp³-hybridized carbons (Fsp3) is 0.778. The van der Waals surface area contributed by atoms with Crippen molar-refractivity contribution < 1.29 is 9.47 Å². The predicted octanol–water partition coefficient (Wildman–Crippen LogP) is 1.69. The number of rotatable bonds is 8. The molecule has 1 aromatic heterocycles. The van der Waals surface area contributed by atoms with Gasteiger partial charge in [-0.1, -0.05) is 11.3 Å². The Hall–Kier alpha value is -0.500. The van der Waals surface area contributed by atoms with Crippen molar-refractivity contribution in [3.05, 3.63) is 3.95 Å². The molecular weight excluding hydrogens is 246 g/mol. The van der Waals surface area contributed by atoms with E-state index < -0.39 is 0 Å². The van der Waals surface area contributed by atoms with Gasteiger partial charge in [-0.2, -0.15) is 0 Å². The van der Waals surface area contributed by atoms with E-state index in [0.717, 1.165) is 31.2 Å². The second-order valence-corrected chi connectivity index (χ2v) is 4.87. The van der Waals surface area contributed by atoms with Crippen LogP contribution in [0.2, 0.25) is 0 Å². The van der Waals surface area contributed by atoms with E-state index in [0.29, 0.717) is 10.6 Å². The van der Waals surface area contributed by atoms with Crippen LogP contribution in [0.3, 0.4) is 0 Å². The molecule has 0 fully saturated rings. The zero-order valence-corrected chi connectivity index (χ0v) is 11.2. The molecule has 0 aliphatic carbocycles. The molecule has 0 saturated heterocycles. The van der Waals surface area contributed by atoms with Crippen LogP contribution >= 0.6 is 23.6 Å². The summed E-state index contributed by atoms with van der Waals surface area (Å²) in [6.07, 6.45) is 0.965. The Kier molecular flexibility index (Phi) is 6.55. The first-order valence-electron chi connectivity index (χ1n) is 5.06. The Morgan fingerprint density at radius 2 is 2.06 bits per heavy atom. The first-order chi connectivity index (χ1) is 7.77. The Morgan fingerprint density at radius 1 is 1.31 bits per heavy atom. The molecule has 0 bridgehead atoms. The van der Waals surface area contributed by atoms with E-state index in [1.54, 1.807) is 14.2 Å². The third-order valence-electron chi connectivity index (χ3n) is 2.04. The summed E-state index contributed by atoms with van der Waals surface area (Å²) in [7, 11) is 3.40. The highest BCUT2D eigenvalue weighted by molar-refractivity contribution is 7.73. The highest BCUT2D eigenvalue weighted by Gasteiger charge is 2.09. The van der Waals surface area contributed by atoms with Crippen LogP contribution in [-0.2, 0) is 9.47 Å². The Balaban J connectivity index is 2.52. The molecule has 1 aromatic rings. The summed E-state index contributed by atoms with van der Waals surface area (Å²) in [5.74, 6) is 0. The molecule has 0 aliphatic rings. The number of nitrogens with one attached hydrogen (secondary N) is 1. The van der Waals surface area contributed by atoms with Crippen molar-refractivity contribution in [3.63, 3.8) is 0 Å². The van der Waals surface area contributed by atoms with Crippen LogP contribution in [0.5, 0.6) is 0 Å². The third-order valence-corrected chi connectivity index (χ3v) is 3.19. The molecule has 0 spiro atoms. The fourth-order valence-corrected chi connectivity index (χ4v) is 2.19. The Labute approximate surface area is 104 Å². The van der Waals surface area contributed by atoms with Crippen molar-refractivity contribution in [3.8, 4) is 0 Å². The summed E-state index contributed by atoms with van der Waals surface area (Å²) in [5.41, 5.74) is 0. The number of methoxy groups -OCH3 is 2. The molecule has 16 heavy (non-hydrogen) atoms. The summed E-state index contributed by atoms with van der Waals surface area (Å²) in [6, 6.07) is 0. The maximum atomic E-state index is 5.07. The number of hydrogen-bond acceptors (Lipinski definition) is 6. The smallest absolute Gasteiger partial charge is 0.206 e. The molecule has 0 aliphatic heterocycles. The van der Waals surface area contributed by atoms with Crippen molar-refractivity contribution in [2.75, 3.05) is 45.4 Å². The average Bonchev–Trinajstić information content (AvgIpc) is 2.70.